The van der Waals surface area contributed by atoms with Crippen molar-refractivity contribution < 1.29 is 28.2 Å². The van der Waals surface area contributed by atoms with E-state index in [1.54, 1.807) is 60.8 Å². The standard InChI is InChI=1S/C29H45B7FN3O5/c1-17-6-5-7-21(10-11-40(24(17)42)27(32,25(43)38-4)29(35,36)26(30,31)16-41)45-28(33,34)22-12-20(8-9-23(22)37)15-39-13-18(2)44-19(3)14-39/h5-10,12,16,18-19H,11,13-15,30-36H2,1-4H3,(H,38,43)/b7-5-,17-6+,21-10-. The topological polar surface area (TPSA) is 88.2 Å². The highest BCUT2D eigenvalue weighted by atomic mass is 19.1. The van der Waals surface area contributed by atoms with Crippen molar-refractivity contribution in [1.82, 2.24) is 15.1 Å². The summed E-state index contributed by atoms with van der Waals surface area (Å²) >= 11 is 0. The third-order valence-electron chi connectivity index (χ3n) is 9.95. The minimum atomic E-state index is -1.44. The highest BCUT2D eigenvalue weighted by molar-refractivity contribution is 6.63. The highest BCUT2D eigenvalue weighted by Gasteiger charge is 2.57. The van der Waals surface area contributed by atoms with Gasteiger partial charge in [0, 0.05) is 44.4 Å². The molecule has 3 atom stereocenters. The molecule has 16 heteroatoms. The molecule has 8 nitrogen and oxygen atoms in total. The van der Waals surface area contributed by atoms with Crippen LogP contribution < -0.4 is 5.32 Å². The van der Waals surface area contributed by atoms with Gasteiger partial charge in [0.15, 0.2) is 15.7 Å². The van der Waals surface area contributed by atoms with Crippen LogP contribution in [0.2, 0.25) is 10.4 Å². The Morgan fingerprint density at radius 2 is 1.76 bits per heavy atom. The first-order chi connectivity index (χ1) is 20.8. The largest absolute Gasteiger partial charge is 0.501 e. The van der Waals surface area contributed by atoms with Gasteiger partial charge in [-0.25, -0.2) is 4.39 Å². The summed E-state index contributed by atoms with van der Waals surface area (Å²) in [6, 6.07) is 5.14. The lowest BCUT2D eigenvalue weighted by Gasteiger charge is -2.56. The molecule has 0 spiro atoms. The van der Waals surface area contributed by atoms with Crippen LogP contribution in [0.3, 0.4) is 0 Å². The van der Waals surface area contributed by atoms with Gasteiger partial charge in [-0.3, -0.25) is 14.5 Å². The van der Waals surface area contributed by atoms with Gasteiger partial charge in [0.1, 0.15) is 57.1 Å². The van der Waals surface area contributed by atoms with Gasteiger partial charge in [-0.05, 0) is 55.8 Å². The lowest BCUT2D eigenvalue weighted by atomic mass is 9.22. The molecule has 1 N–H and O–H groups in total. The van der Waals surface area contributed by atoms with E-state index in [0.717, 1.165) is 24.9 Å². The van der Waals surface area contributed by atoms with Crippen molar-refractivity contribution in [3.63, 3.8) is 0 Å². The van der Waals surface area contributed by atoms with Crippen LogP contribution in [0.15, 0.2) is 53.8 Å². The molecule has 0 saturated carbocycles. The molecule has 2 aliphatic heterocycles. The van der Waals surface area contributed by atoms with E-state index in [2.05, 4.69) is 24.1 Å². The van der Waals surface area contributed by atoms with Crippen molar-refractivity contribution in [3.05, 3.63) is 70.8 Å². The lowest BCUT2D eigenvalue weighted by molar-refractivity contribution is -0.140. The predicted octanol–water partition coefficient (Wildman–Crippen LogP) is -3.90. The van der Waals surface area contributed by atoms with E-state index in [0.29, 0.717) is 23.4 Å². The molecular weight excluding hydrogens is 565 g/mol. The molecule has 0 aliphatic carbocycles. The average molecular weight is 610 g/mol. The molecule has 234 valence electrons. The molecule has 2 amide bonds. The average Bonchev–Trinajstić information content (AvgIpc) is 3.01. The second kappa shape index (κ2) is 13.9. The molecule has 0 aromatic heterocycles. The zero-order valence-electron chi connectivity index (χ0n) is 28.9. The second-order valence-electron chi connectivity index (χ2n) is 14.2. The Kier molecular flexibility index (Phi) is 11.3. The first-order valence-corrected chi connectivity index (χ1v) is 15.7. The van der Waals surface area contributed by atoms with E-state index in [-0.39, 0.29) is 30.5 Å². The van der Waals surface area contributed by atoms with E-state index in [4.69, 9.17) is 9.47 Å². The first kappa shape index (κ1) is 36.6. The quantitative estimate of drug-likeness (QED) is 0.216. The van der Waals surface area contributed by atoms with Crippen LogP contribution in [0.25, 0.3) is 0 Å². The summed E-state index contributed by atoms with van der Waals surface area (Å²) in [5.41, 5.74) is 0.363. The summed E-state index contributed by atoms with van der Waals surface area (Å²) in [6.45, 7) is 8.07. The van der Waals surface area contributed by atoms with Gasteiger partial charge < -0.3 is 24.5 Å². The monoisotopic (exact) mass is 611 g/mol. The Bertz CT molecular complexity index is 1390. The molecule has 1 aromatic rings. The minimum absolute atomic E-state index is 0.0119. The Morgan fingerprint density at radius 3 is 2.33 bits per heavy atom. The maximum Gasteiger partial charge on any atom is 0.250 e. The number of ether oxygens (including phenoxy) is 2. The highest BCUT2D eigenvalue weighted by Crippen LogP contribution is 2.50. The number of amides is 2. The molecule has 2 heterocycles. The SMILES string of the molecule is BC(B)(OC1=C\CN(C(B)(C(=O)NC)C(B)(B)C(B)(B)C=O)C(=O)/C(C)=C/C=C\1)c1cc(CN2CC(C)OC(C)C2)ccc1F. The molecule has 45 heavy (non-hydrogen) atoms. The zero-order chi connectivity index (χ0) is 34.0. The van der Waals surface area contributed by atoms with E-state index < -0.39 is 27.2 Å². The van der Waals surface area contributed by atoms with Crippen LogP contribution in [-0.2, 0) is 35.8 Å². The number of morpholine rings is 1. The van der Waals surface area contributed by atoms with Gasteiger partial charge in [0.2, 0.25) is 11.8 Å². The van der Waals surface area contributed by atoms with Gasteiger partial charge in [-0.15, -0.1) is 0 Å². The number of carbonyl (C=O) groups excluding carboxylic acids is 3. The third kappa shape index (κ3) is 7.59. The number of hydrogen-bond donors (Lipinski definition) is 1. The van der Waals surface area contributed by atoms with Gasteiger partial charge in [-0.1, -0.05) is 23.4 Å². The summed E-state index contributed by atoms with van der Waals surface area (Å²) in [5, 5.41) is -0.314. The zero-order valence-corrected chi connectivity index (χ0v) is 28.9. The molecule has 0 bridgehead atoms. The fourth-order valence-corrected chi connectivity index (χ4v) is 6.28. The Hall–Kier alpha value is -2.85. The van der Waals surface area contributed by atoms with E-state index >= 15 is 4.39 Å². The number of rotatable bonds is 10. The van der Waals surface area contributed by atoms with Crippen molar-refractivity contribution in [1.29, 1.82) is 0 Å². The summed E-state index contributed by atoms with van der Waals surface area (Å²) < 4.78 is 27.7. The number of halogens is 1. The van der Waals surface area contributed by atoms with Crippen molar-refractivity contribution in [2.45, 2.75) is 60.8 Å². The van der Waals surface area contributed by atoms with Crippen LogP contribution in [-0.4, -0.2) is 127 Å². The van der Waals surface area contributed by atoms with E-state index in [9.17, 15) is 14.4 Å². The second-order valence-corrected chi connectivity index (χ2v) is 14.2. The molecule has 1 saturated heterocycles. The van der Waals surface area contributed by atoms with Crippen LogP contribution in [0, 0.1) is 5.82 Å². The number of aldehydes is 1. The lowest BCUT2D eigenvalue weighted by Crippen LogP contribution is -2.70. The van der Waals surface area contributed by atoms with Crippen molar-refractivity contribution in [2.24, 2.45) is 0 Å². The normalized spacial score (nSPS) is 24.8. The molecule has 1 aromatic carbocycles. The molecule has 3 unspecified atom stereocenters. The fourth-order valence-electron chi connectivity index (χ4n) is 6.28. The van der Waals surface area contributed by atoms with Gasteiger partial charge in [-0.2, -0.15) is 0 Å². The Balaban J connectivity index is 2.00. The maximum absolute atomic E-state index is 15.4. The molecular formula is C29H45B7FN3O5. The van der Waals surface area contributed by atoms with Crippen molar-refractivity contribution in [3.8, 4) is 0 Å². The molecule has 2 aliphatic rings. The summed E-state index contributed by atoms with van der Waals surface area (Å²) in [6.07, 6.45) is 7.92. The molecule has 0 radical (unpaired) electrons. The number of allylic oxidation sites excluding steroid dienone is 3. The number of benzene rings is 1. The fraction of sp³-hybridized carbons (Fsp3) is 0.483. The number of likely N-dealkylation sites (N-methyl/N-ethyl adjacent to an activating group) is 1. The predicted molar refractivity (Wildman–Crippen MR) is 195 cm³/mol. The van der Waals surface area contributed by atoms with Crippen LogP contribution in [0.1, 0.15) is 31.9 Å². The van der Waals surface area contributed by atoms with Gasteiger partial charge in [0.05, 0.1) is 23.0 Å². The van der Waals surface area contributed by atoms with Crippen LogP contribution in [0.4, 0.5) is 4.39 Å². The van der Waals surface area contributed by atoms with Crippen molar-refractivity contribution >= 4 is 73.0 Å². The van der Waals surface area contributed by atoms with Crippen LogP contribution >= 0.6 is 0 Å². The molecule has 3 rings (SSSR count). The smallest absolute Gasteiger partial charge is 0.250 e. The minimum Gasteiger partial charge on any atom is -0.501 e. The maximum atomic E-state index is 15.4. The van der Waals surface area contributed by atoms with Crippen LogP contribution in [0.5, 0.6) is 0 Å². The number of carbonyl (C=O) groups is 3. The summed E-state index contributed by atoms with van der Waals surface area (Å²) in [5.74, 6) is -0.702. The number of hydrogen-bond acceptors (Lipinski definition) is 6. The van der Waals surface area contributed by atoms with Gasteiger partial charge in [0.25, 0.3) is 0 Å². The Morgan fingerprint density at radius 1 is 1.13 bits per heavy atom. The van der Waals surface area contributed by atoms with Gasteiger partial charge >= 0.3 is 0 Å². The van der Waals surface area contributed by atoms with E-state index in [1.165, 1.54) is 18.0 Å². The molecule has 1 fully saturated rings. The summed E-state index contributed by atoms with van der Waals surface area (Å²) in [7, 11) is 14.0. The van der Waals surface area contributed by atoms with Crippen molar-refractivity contribution in [2.75, 3.05) is 26.7 Å². The first-order valence-electron chi connectivity index (χ1n) is 15.7. The number of nitrogens with zero attached hydrogens (tertiary/aromatic N) is 2. The van der Waals surface area contributed by atoms with E-state index in [1.807, 2.05) is 37.5 Å². The third-order valence-corrected chi connectivity index (χ3v) is 9.95. The number of nitrogens with one attached hydrogen (secondary N) is 1. The summed E-state index contributed by atoms with van der Waals surface area (Å²) in [4.78, 5) is 43.6. The Labute approximate surface area is 274 Å².